The second-order valence-electron chi connectivity index (χ2n) is 10.8. The van der Waals surface area contributed by atoms with Gasteiger partial charge in [-0.1, -0.05) is 0 Å². The molecule has 0 saturated carbocycles. The van der Waals surface area contributed by atoms with Crippen LogP contribution in [0.4, 0.5) is 16.6 Å². The van der Waals surface area contributed by atoms with E-state index >= 15 is 0 Å². The number of alkyl carbamates (subject to hydrolysis) is 1. The van der Waals surface area contributed by atoms with Crippen LogP contribution in [0, 0.1) is 0 Å². The van der Waals surface area contributed by atoms with Gasteiger partial charge in [0.1, 0.15) is 11.4 Å². The van der Waals surface area contributed by atoms with Gasteiger partial charge in [-0.3, -0.25) is 9.11 Å². The summed E-state index contributed by atoms with van der Waals surface area (Å²) in [7, 11) is -2.91. The molecule has 10 nitrogen and oxygen atoms in total. The minimum Gasteiger partial charge on any atom is -0.444 e. The highest BCUT2D eigenvalue weighted by atomic mass is 32.3. The molecule has 3 heterocycles. The molecular formula is C23H41N5O5S. The van der Waals surface area contributed by atoms with E-state index in [1.807, 2.05) is 26.8 Å². The number of nitrogens with zero attached hydrogens (tertiary/aromatic N) is 4. The van der Waals surface area contributed by atoms with Crippen LogP contribution in [0.1, 0.15) is 60.1 Å². The van der Waals surface area contributed by atoms with Crippen molar-refractivity contribution in [2.75, 3.05) is 48.9 Å². The number of carbonyl (C=O) groups excluding carboxylic acids is 1. The molecule has 3 rings (SSSR count). The molecule has 2 aliphatic rings. The fraction of sp³-hybridized carbons (Fsp3) is 0.783. The number of piperidine rings is 1. The molecule has 2 saturated heterocycles. The van der Waals surface area contributed by atoms with Crippen molar-refractivity contribution in [2.24, 2.45) is 0 Å². The average molecular weight is 500 g/mol. The van der Waals surface area contributed by atoms with Gasteiger partial charge in [0.05, 0.1) is 29.7 Å². The molecule has 34 heavy (non-hydrogen) atoms. The van der Waals surface area contributed by atoms with Gasteiger partial charge in [0, 0.05) is 38.0 Å². The standard InChI is InChI=1S/C23H41N5O5S/c1-16-15-32-13-12-28(16)19-14-18(23(5,6)34(7,30)31)25-20(26-19)27-10-8-17(9-11-27)24-21(29)33-22(2,3)4/h14,16-17,30-31H,8-13,15H2,1-7H3,(H,24,29)/t16-/m0/s1. The zero-order valence-electron chi connectivity index (χ0n) is 21.5. The van der Waals surface area contributed by atoms with Gasteiger partial charge in [0.15, 0.2) is 0 Å². The number of hydrogen-bond donors (Lipinski definition) is 3. The summed E-state index contributed by atoms with van der Waals surface area (Å²) in [5, 5.41) is 2.96. The molecule has 2 fully saturated rings. The van der Waals surface area contributed by atoms with Crippen molar-refractivity contribution in [3.05, 3.63) is 11.8 Å². The number of anilines is 2. The van der Waals surface area contributed by atoms with E-state index in [-0.39, 0.29) is 12.1 Å². The first-order valence-electron chi connectivity index (χ1n) is 11.9. The topological polar surface area (TPSA) is 120 Å². The molecule has 1 atom stereocenters. The van der Waals surface area contributed by atoms with Crippen molar-refractivity contribution < 1.29 is 23.4 Å². The van der Waals surface area contributed by atoms with Gasteiger partial charge >= 0.3 is 6.09 Å². The minimum atomic E-state index is -2.91. The van der Waals surface area contributed by atoms with E-state index in [1.54, 1.807) is 13.8 Å². The molecule has 0 spiro atoms. The van der Waals surface area contributed by atoms with E-state index in [1.165, 1.54) is 6.26 Å². The number of rotatable bonds is 5. The maximum atomic E-state index is 12.1. The number of morpholine rings is 1. The SMILES string of the molecule is C[C@H]1COCCN1c1cc(C(C)(C)S(C)(O)O)nc(N2CCC(NC(=O)OC(C)(C)C)CC2)n1. The highest BCUT2D eigenvalue weighted by molar-refractivity contribution is 8.24. The Morgan fingerprint density at radius 2 is 1.82 bits per heavy atom. The number of nitrogens with one attached hydrogen (secondary N) is 1. The largest absolute Gasteiger partial charge is 0.444 e. The average Bonchev–Trinajstić information content (AvgIpc) is 2.72. The molecule has 1 aromatic rings. The monoisotopic (exact) mass is 499 g/mol. The van der Waals surface area contributed by atoms with Crippen LogP contribution in [0.5, 0.6) is 0 Å². The van der Waals surface area contributed by atoms with Crippen molar-refractivity contribution in [1.82, 2.24) is 15.3 Å². The minimum absolute atomic E-state index is 0.0204. The van der Waals surface area contributed by atoms with E-state index in [0.717, 1.165) is 18.7 Å². The Morgan fingerprint density at radius 3 is 2.38 bits per heavy atom. The maximum Gasteiger partial charge on any atom is 0.407 e. The van der Waals surface area contributed by atoms with Gasteiger partial charge in [0.2, 0.25) is 5.95 Å². The number of carbonyl (C=O) groups is 1. The lowest BCUT2D eigenvalue weighted by atomic mass is 10.1. The summed E-state index contributed by atoms with van der Waals surface area (Å²) in [6.45, 7) is 14.5. The van der Waals surface area contributed by atoms with Crippen LogP contribution in [0.3, 0.4) is 0 Å². The van der Waals surface area contributed by atoms with Crippen LogP contribution >= 0.6 is 10.6 Å². The molecule has 3 N–H and O–H groups in total. The van der Waals surface area contributed by atoms with Crippen molar-refractivity contribution in [3.63, 3.8) is 0 Å². The Kier molecular flexibility index (Phi) is 7.91. The van der Waals surface area contributed by atoms with Crippen molar-refractivity contribution >= 4 is 28.4 Å². The molecule has 0 radical (unpaired) electrons. The van der Waals surface area contributed by atoms with Crippen LogP contribution in [-0.4, -0.2) is 82.0 Å². The molecule has 0 unspecified atom stereocenters. The van der Waals surface area contributed by atoms with Crippen molar-refractivity contribution in [3.8, 4) is 0 Å². The van der Waals surface area contributed by atoms with Crippen LogP contribution in [-0.2, 0) is 14.2 Å². The zero-order chi connectivity index (χ0) is 25.3. The van der Waals surface area contributed by atoms with Gasteiger partial charge in [-0.15, -0.1) is 0 Å². The van der Waals surface area contributed by atoms with Crippen molar-refractivity contribution in [2.45, 2.75) is 76.8 Å². The Labute approximate surface area is 204 Å². The van der Waals surface area contributed by atoms with Gasteiger partial charge in [0.25, 0.3) is 0 Å². The lowest BCUT2D eigenvalue weighted by molar-refractivity contribution is 0.0497. The first kappa shape index (κ1) is 26.8. The Hall–Kier alpha value is -1.82. The lowest BCUT2D eigenvalue weighted by Gasteiger charge is -2.44. The lowest BCUT2D eigenvalue weighted by Crippen LogP contribution is -2.47. The Bertz CT molecular complexity index is 862. The number of amides is 1. The molecule has 1 amide bonds. The van der Waals surface area contributed by atoms with Crippen LogP contribution in [0.2, 0.25) is 0 Å². The second-order valence-corrected chi connectivity index (χ2v) is 13.5. The summed E-state index contributed by atoms with van der Waals surface area (Å²) in [5.41, 5.74) is 0.0668. The van der Waals surface area contributed by atoms with E-state index in [0.29, 0.717) is 44.5 Å². The van der Waals surface area contributed by atoms with E-state index < -0.39 is 27.0 Å². The van der Waals surface area contributed by atoms with Crippen LogP contribution in [0.25, 0.3) is 0 Å². The molecule has 194 valence electrons. The number of aromatic nitrogens is 2. The molecule has 2 aliphatic heterocycles. The zero-order valence-corrected chi connectivity index (χ0v) is 22.3. The summed E-state index contributed by atoms with van der Waals surface area (Å²) < 4.78 is 31.1. The molecular weight excluding hydrogens is 458 g/mol. The fourth-order valence-corrected chi connectivity index (χ4v) is 4.48. The molecule has 11 heteroatoms. The third-order valence-electron chi connectivity index (χ3n) is 6.44. The second kappa shape index (κ2) is 10.0. The normalized spacial score (nSPS) is 21.4. The van der Waals surface area contributed by atoms with E-state index in [4.69, 9.17) is 19.4 Å². The molecule has 0 aromatic carbocycles. The third-order valence-corrected chi connectivity index (χ3v) is 8.59. The predicted octanol–water partition coefficient (Wildman–Crippen LogP) is 3.81. The van der Waals surface area contributed by atoms with Gasteiger partial charge in [-0.05, 0) is 54.4 Å². The predicted molar refractivity (Wildman–Crippen MR) is 136 cm³/mol. The highest BCUT2D eigenvalue weighted by Crippen LogP contribution is 2.55. The summed E-state index contributed by atoms with van der Waals surface area (Å²) in [6, 6.07) is 2.05. The van der Waals surface area contributed by atoms with E-state index in [9.17, 15) is 13.9 Å². The Morgan fingerprint density at radius 1 is 1.18 bits per heavy atom. The molecule has 0 aliphatic carbocycles. The third kappa shape index (κ3) is 6.44. The summed E-state index contributed by atoms with van der Waals surface area (Å²) >= 11 is 0. The van der Waals surface area contributed by atoms with Gasteiger partial charge < -0.3 is 24.6 Å². The smallest absolute Gasteiger partial charge is 0.407 e. The number of hydrogen-bond acceptors (Lipinski definition) is 9. The van der Waals surface area contributed by atoms with Crippen molar-refractivity contribution in [1.29, 1.82) is 0 Å². The highest BCUT2D eigenvalue weighted by Gasteiger charge is 2.36. The van der Waals surface area contributed by atoms with Crippen LogP contribution < -0.4 is 15.1 Å². The fourth-order valence-electron chi connectivity index (χ4n) is 3.98. The number of ether oxygens (including phenoxy) is 2. The quantitative estimate of drug-likeness (QED) is 0.555. The van der Waals surface area contributed by atoms with E-state index in [2.05, 4.69) is 22.0 Å². The molecule has 1 aromatic heterocycles. The van der Waals surface area contributed by atoms with Crippen LogP contribution in [0.15, 0.2) is 6.07 Å². The summed E-state index contributed by atoms with van der Waals surface area (Å²) in [4.78, 5) is 26.1. The summed E-state index contributed by atoms with van der Waals surface area (Å²) in [5.74, 6) is 1.33. The Balaban J connectivity index is 1.81. The maximum absolute atomic E-state index is 12.1. The summed E-state index contributed by atoms with van der Waals surface area (Å²) in [6.07, 6.45) is 2.53. The first-order valence-corrected chi connectivity index (χ1v) is 13.8. The molecule has 0 bridgehead atoms. The first-order chi connectivity index (χ1) is 15.7. The van der Waals surface area contributed by atoms with Gasteiger partial charge in [-0.2, -0.15) is 15.6 Å². The van der Waals surface area contributed by atoms with Gasteiger partial charge in [-0.25, -0.2) is 9.78 Å².